The first-order valence-electron chi connectivity index (χ1n) is 8.65. The molecule has 7 nitrogen and oxygen atoms in total. The number of hydrogen-bond acceptors (Lipinski definition) is 5. The van der Waals surface area contributed by atoms with E-state index in [4.69, 9.17) is 9.47 Å². The highest BCUT2D eigenvalue weighted by Gasteiger charge is 2.20. The largest absolute Gasteiger partial charge is 0.497 e. The van der Waals surface area contributed by atoms with Gasteiger partial charge in [0.15, 0.2) is 0 Å². The lowest BCUT2D eigenvalue weighted by Gasteiger charge is -2.14. The van der Waals surface area contributed by atoms with Crippen LogP contribution in [0.3, 0.4) is 0 Å². The summed E-state index contributed by atoms with van der Waals surface area (Å²) < 4.78 is 38.3. The second kappa shape index (κ2) is 8.41. The molecular weight excluding hydrogens is 368 g/mol. The Morgan fingerprint density at radius 3 is 2.59 bits per heavy atom. The van der Waals surface area contributed by atoms with Crippen molar-refractivity contribution in [3.63, 3.8) is 0 Å². The smallest absolute Gasteiger partial charge is 0.261 e. The summed E-state index contributed by atoms with van der Waals surface area (Å²) in [7, 11) is -2.33. The Balaban J connectivity index is 1.75. The first kappa shape index (κ1) is 19.2. The molecule has 0 unspecified atom stereocenters. The molecule has 1 aliphatic heterocycles. The second-order valence-corrected chi connectivity index (χ2v) is 7.85. The molecule has 1 amide bonds. The highest BCUT2D eigenvalue weighted by Crippen LogP contribution is 2.22. The Bertz CT molecular complexity index is 891. The van der Waals surface area contributed by atoms with Crippen molar-refractivity contribution in [3.8, 4) is 5.75 Å². The predicted octanol–water partition coefficient (Wildman–Crippen LogP) is 2.40. The summed E-state index contributed by atoms with van der Waals surface area (Å²) in [5, 5.41) is 2.81. The zero-order valence-electron chi connectivity index (χ0n) is 15.0. The zero-order chi connectivity index (χ0) is 19.3. The normalized spacial score (nSPS) is 16.7. The zero-order valence-corrected chi connectivity index (χ0v) is 15.8. The average Bonchev–Trinajstić information content (AvgIpc) is 3.20. The fourth-order valence-corrected chi connectivity index (χ4v) is 3.92. The number of benzene rings is 2. The Morgan fingerprint density at radius 1 is 1.19 bits per heavy atom. The fourth-order valence-electron chi connectivity index (χ4n) is 2.84. The quantitative estimate of drug-likeness (QED) is 0.757. The van der Waals surface area contributed by atoms with Crippen LogP contribution in [0.15, 0.2) is 53.4 Å². The van der Waals surface area contributed by atoms with Gasteiger partial charge in [-0.05, 0) is 49.2 Å². The summed E-state index contributed by atoms with van der Waals surface area (Å²) in [4.78, 5) is 12.6. The standard InChI is InChI=1S/C19H22N2O5S/c1-25-14-8-10-16(11-9-14)27(23,24)21-18-7-3-2-6-17(18)19(22)20-13-15-5-4-12-26-15/h2-3,6-11,15,21H,4-5,12-13H2,1H3,(H,20,22)/t15-/m1/s1. The molecular formula is C19H22N2O5S. The van der Waals surface area contributed by atoms with Crippen molar-refractivity contribution in [2.75, 3.05) is 25.0 Å². The highest BCUT2D eigenvalue weighted by molar-refractivity contribution is 7.92. The van der Waals surface area contributed by atoms with Crippen LogP contribution in [0.4, 0.5) is 5.69 Å². The van der Waals surface area contributed by atoms with Gasteiger partial charge in [-0.1, -0.05) is 12.1 Å². The van der Waals surface area contributed by atoms with E-state index in [1.165, 1.54) is 19.2 Å². The van der Waals surface area contributed by atoms with Crippen LogP contribution in [0.1, 0.15) is 23.2 Å². The number of amides is 1. The Kier molecular flexibility index (Phi) is 5.98. The van der Waals surface area contributed by atoms with Gasteiger partial charge in [0, 0.05) is 13.2 Å². The van der Waals surface area contributed by atoms with Crippen LogP contribution >= 0.6 is 0 Å². The van der Waals surface area contributed by atoms with Gasteiger partial charge in [0.2, 0.25) is 0 Å². The Morgan fingerprint density at radius 2 is 1.93 bits per heavy atom. The summed E-state index contributed by atoms with van der Waals surface area (Å²) in [6.07, 6.45) is 1.90. The SMILES string of the molecule is COc1ccc(S(=O)(=O)Nc2ccccc2C(=O)NC[C@H]2CCCO2)cc1. The van der Waals surface area contributed by atoms with Crippen LogP contribution in [-0.4, -0.2) is 40.7 Å². The van der Waals surface area contributed by atoms with Crippen LogP contribution < -0.4 is 14.8 Å². The number of hydrogen-bond donors (Lipinski definition) is 2. The van der Waals surface area contributed by atoms with Crippen LogP contribution in [0.25, 0.3) is 0 Å². The van der Waals surface area contributed by atoms with E-state index < -0.39 is 10.0 Å². The first-order valence-corrected chi connectivity index (χ1v) is 10.1. The highest BCUT2D eigenvalue weighted by atomic mass is 32.2. The van der Waals surface area contributed by atoms with E-state index in [0.29, 0.717) is 18.9 Å². The van der Waals surface area contributed by atoms with E-state index in [0.717, 1.165) is 12.8 Å². The van der Waals surface area contributed by atoms with Crippen molar-refractivity contribution in [1.29, 1.82) is 0 Å². The van der Waals surface area contributed by atoms with E-state index in [1.54, 1.807) is 36.4 Å². The number of anilines is 1. The number of rotatable bonds is 7. The molecule has 0 aromatic heterocycles. The monoisotopic (exact) mass is 390 g/mol. The molecule has 1 fully saturated rings. The lowest BCUT2D eigenvalue weighted by atomic mass is 10.1. The molecule has 27 heavy (non-hydrogen) atoms. The second-order valence-electron chi connectivity index (χ2n) is 6.17. The third kappa shape index (κ3) is 4.78. The van der Waals surface area contributed by atoms with Crippen molar-refractivity contribution in [1.82, 2.24) is 5.32 Å². The molecule has 1 saturated heterocycles. The van der Waals surface area contributed by atoms with Gasteiger partial charge >= 0.3 is 0 Å². The third-order valence-electron chi connectivity index (χ3n) is 4.30. The molecule has 1 heterocycles. The third-order valence-corrected chi connectivity index (χ3v) is 5.68. The topological polar surface area (TPSA) is 93.7 Å². The summed E-state index contributed by atoms with van der Waals surface area (Å²) in [6, 6.07) is 12.5. The minimum atomic E-state index is -3.84. The fraction of sp³-hybridized carbons (Fsp3) is 0.316. The van der Waals surface area contributed by atoms with Crippen molar-refractivity contribution in [2.24, 2.45) is 0 Å². The molecule has 0 radical (unpaired) electrons. The van der Waals surface area contributed by atoms with Gasteiger partial charge in [0.1, 0.15) is 5.75 Å². The number of sulfonamides is 1. The van der Waals surface area contributed by atoms with Crippen molar-refractivity contribution in [3.05, 3.63) is 54.1 Å². The van der Waals surface area contributed by atoms with Gasteiger partial charge in [-0.15, -0.1) is 0 Å². The minimum Gasteiger partial charge on any atom is -0.497 e. The molecule has 1 aliphatic rings. The van der Waals surface area contributed by atoms with Crippen molar-refractivity contribution < 1.29 is 22.7 Å². The molecule has 1 atom stereocenters. The molecule has 3 rings (SSSR count). The molecule has 0 saturated carbocycles. The maximum atomic E-state index is 12.6. The Hall–Kier alpha value is -2.58. The van der Waals surface area contributed by atoms with E-state index in [1.807, 2.05) is 0 Å². The average molecular weight is 390 g/mol. The lowest BCUT2D eigenvalue weighted by molar-refractivity contribution is 0.0858. The van der Waals surface area contributed by atoms with Crippen LogP contribution in [0.2, 0.25) is 0 Å². The van der Waals surface area contributed by atoms with Crippen molar-refractivity contribution >= 4 is 21.6 Å². The number of nitrogens with one attached hydrogen (secondary N) is 2. The predicted molar refractivity (Wildman–Crippen MR) is 102 cm³/mol. The maximum absolute atomic E-state index is 12.6. The number of carbonyl (C=O) groups excluding carboxylic acids is 1. The van der Waals surface area contributed by atoms with E-state index in [2.05, 4.69) is 10.0 Å². The number of carbonyl (C=O) groups is 1. The number of para-hydroxylation sites is 1. The summed E-state index contributed by atoms with van der Waals surface area (Å²) in [5.41, 5.74) is 0.478. The molecule has 0 aliphatic carbocycles. The molecule has 0 bridgehead atoms. The molecule has 2 aromatic carbocycles. The van der Waals surface area contributed by atoms with Crippen LogP contribution in [-0.2, 0) is 14.8 Å². The van der Waals surface area contributed by atoms with Crippen LogP contribution in [0.5, 0.6) is 5.75 Å². The first-order chi connectivity index (χ1) is 13.0. The Labute approximate surface area is 158 Å². The summed E-state index contributed by atoms with van der Waals surface area (Å²) >= 11 is 0. The van der Waals surface area contributed by atoms with E-state index in [-0.39, 0.29) is 28.2 Å². The molecule has 2 aromatic rings. The summed E-state index contributed by atoms with van der Waals surface area (Å²) in [5.74, 6) is 0.210. The lowest BCUT2D eigenvalue weighted by Crippen LogP contribution is -2.32. The van der Waals surface area contributed by atoms with Gasteiger partial charge in [0.25, 0.3) is 15.9 Å². The minimum absolute atomic E-state index is 0.0112. The molecule has 0 spiro atoms. The molecule has 144 valence electrons. The maximum Gasteiger partial charge on any atom is 0.261 e. The van der Waals surface area contributed by atoms with Gasteiger partial charge in [-0.2, -0.15) is 0 Å². The van der Waals surface area contributed by atoms with Crippen molar-refractivity contribution in [2.45, 2.75) is 23.8 Å². The van der Waals surface area contributed by atoms with Crippen LogP contribution in [0, 0.1) is 0 Å². The van der Waals surface area contributed by atoms with E-state index >= 15 is 0 Å². The van der Waals surface area contributed by atoms with E-state index in [9.17, 15) is 13.2 Å². The van der Waals surface area contributed by atoms with Gasteiger partial charge in [0.05, 0.1) is 29.4 Å². The number of ether oxygens (including phenoxy) is 2. The van der Waals surface area contributed by atoms with Gasteiger partial charge < -0.3 is 14.8 Å². The van der Waals surface area contributed by atoms with Gasteiger partial charge in [-0.25, -0.2) is 8.42 Å². The molecule has 2 N–H and O–H groups in total. The number of methoxy groups -OCH3 is 1. The van der Waals surface area contributed by atoms with Gasteiger partial charge in [-0.3, -0.25) is 9.52 Å². The summed E-state index contributed by atoms with van der Waals surface area (Å²) in [6.45, 7) is 1.11. The molecule has 8 heteroatoms.